The molecule has 1 aliphatic rings. The second kappa shape index (κ2) is 7.17. The van der Waals surface area contributed by atoms with E-state index in [1.165, 1.54) is 10.4 Å². The first-order chi connectivity index (χ1) is 15.2. The van der Waals surface area contributed by atoms with Gasteiger partial charge in [-0.25, -0.2) is 9.97 Å². The van der Waals surface area contributed by atoms with Crippen LogP contribution in [0, 0.1) is 5.92 Å². The van der Waals surface area contributed by atoms with E-state index in [0.717, 1.165) is 45.5 Å². The van der Waals surface area contributed by atoms with Gasteiger partial charge in [0.2, 0.25) is 5.91 Å². The van der Waals surface area contributed by atoms with Crippen LogP contribution in [0.3, 0.4) is 0 Å². The van der Waals surface area contributed by atoms with E-state index in [2.05, 4.69) is 41.0 Å². The molecule has 0 spiro atoms. The predicted molar refractivity (Wildman–Crippen MR) is 120 cm³/mol. The molecule has 0 saturated heterocycles. The maximum atomic E-state index is 12.7. The van der Waals surface area contributed by atoms with Crippen LogP contribution < -0.4 is 10.6 Å². The summed E-state index contributed by atoms with van der Waals surface area (Å²) < 4.78 is 0. The minimum atomic E-state index is -0.0725. The van der Waals surface area contributed by atoms with Gasteiger partial charge in [0.05, 0.1) is 23.3 Å². The number of rotatable bonds is 4. The molecule has 0 saturated carbocycles. The number of nitrogens with one attached hydrogen (secondary N) is 4. The van der Waals surface area contributed by atoms with Crippen molar-refractivity contribution in [2.45, 2.75) is 19.3 Å². The molecule has 154 valence electrons. The number of thiophene rings is 1. The number of aromatic nitrogens is 6. The van der Waals surface area contributed by atoms with E-state index < -0.39 is 0 Å². The summed E-state index contributed by atoms with van der Waals surface area (Å²) in [6.07, 6.45) is 7.32. The number of carbonyl (C=O) groups is 1. The van der Waals surface area contributed by atoms with Crippen molar-refractivity contribution < 1.29 is 4.79 Å². The third kappa shape index (κ3) is 3.21. The van der Waals surface area contributed by atoms with Crippen LogP contribution in [-0.4, -0.2) is 36.3 Å². The Morgan fingerprint density at radius 1 is 1.16 bits per heavy atom. The Kier molecular flexibility index (Phi) is 4.17. The van der Waals surface area contributed by atoms with Crippen LogP contribution in [0.2, 0.25) is 0 Å². The molecule has 1 atom stereocenters. The molecule has 31 heavy (non-hydrogen) atoms. The summed E-state index contributed by atoms with van der Waals surface area (Å²) in [5.74, 6) is 1.37. The van der Waals surface area contributed by atoms with E-state index in [1.54, 1.807) is 36.1 Å². The summed E-state index contributed by atoms with van der Waals surface area (Å²) in [4.78, 5) is 23.9. The summed E-state index contributed by atoms with van der Waals surface area (Å²) in [6.45, 7) is 0. The monoisotopic (exact) mass is 430 g/mol. The number of nitrogens with zero attached hydrogens (tertiary/aromatic N) is 4. The highest BCUT2D eigenvalue weighted by molar-refractivity contribution is 7.19. The number of amides is 1. The summed E-state index contributed by atoms with van der Waals surface area (Å²) in [5.41, 5.74) is 3.19. The van der Waals surface area contributed by atoms with Gasteiger partial charge in [0.1, 0.15) is 22.8 Å². The molecule has 1 amide bonds. The number of anilines is 3. The fourth-order valence-electron chi connectivity index (χ4n) is 4.15. The normalized spacial score (nSPS) is 15.8. The lowest BCUT2D eigenvalue weighted by Crippen LogP contribution is -2.27. The number of carbonyl (C=O) groups excluding carboxylic acids is 1. The number of aromatic amines is 2. The highest BCUT2D eigenvalue weighted by atomic mass is 32.1. The zero-order valence-corrected chi connectivity index (χ0v) is 17.2. The third-order valence-electron chi connectivity index (χ3n) is 5.68. The minimum absolute atomic E-state index is 0.0187. The van der Waals surface area contributed by atoms with Crippen molar-refractivity contribution in [1.82, 2.24) is 30.4 Å². The average Bonchev–Trinajstić information content (AvgIpc) is 3.52. The first-order valence-electron chi connectivity index (χ1n) is 10.0. The molecule has 4 heterocycles. The SMILES string of the molecule is O=C(Nc1ccn[nH]1)C1CCc2c(sc3ncnc(Nc4ccc5[nH]ncc5c4)c23)C1. The van der Waals surface area contributed by atoms with Crippen molar-refractivity contribution in [2.75, 3.05) is 10.6 Å². The Balaban J connectivity index is 1.30. The van der Waals surface area contributed by atoms with Crippen molar-refractivity contribution in [3.05, 3.63) is 53.4 Å². The highest BCUT2D eigenvalue weighted by Crippen LogP contribution is 2.40. The predicted octanol–water partition coefficient (Wildman–Crippen LogP) is 3.78. The second-order valence-electron chi connectivity index (χ2n) is 7.60. The molecule has 1 aliphatic carbocycles. The molecule has 1 aromatic carbocycles. The van der Waals surface area contributed by atoms with E-state index in [9.17, 15) is 4.79 Å². The minimum Gasteiger partial charge on any atom is -0.340 e. The van der Waals surface area contributed by atoms with Gasteiger partial charge in [0.25, 0.3) is 0 Å². The van der Waals surface area contributed by atoms with Crippen molar-refractivity contribution >= 4 is 55.7 Å². The van der Waals surface area contributed by atoms with Crippen molar-refractivity contribution in [1.29, 1.82) is 0 Å². The number of hydrogen-bond donors (Lipinski definition) is 4. The highest BCUT2D eigenvalue weighted by Gasteiger charge is 2.29. The molecule has 4 N–H and O–H groups in total. The van der Waals surface area contributed by atoms with Crippen LogP contribution >= 0.6 is 11.3 Å². The number of aryl methyl sites for hydroxylation is 1. The van der Waals surface area contributed by atoms with E-state index in [4.69, 9.17) is 0 Å². The Morgan fingerprint density at radius 3 is 3.03 bits per heavy atom. The van der Waals surface area contributed by atoms with Crippen LogP contribution in [0.5, 0.6) is 0 Å². The molecule has 0 fully saturated rings. The van der Waals surface area contributed by atoms with Gasteiger partial charge in [-0.2, -0.15) is 10.2 Å². The quantitative estimate of drug-likeness (QED) is 0.344. The van der Waals surface area contributed by atoms with E-state index in [1.807, 2.05) is 18.2 Å². The van der Waals surface area contributed by atoms with Gasteiger partial charge in [0.15, 0.2) is 0 Å². The average molecular weight is 430 g/mol. The van der Waals surface area contributed by atoms with Gasteiger partial charge in [-0.05, 0) is 43.0 Å². The first-order valence-corrected chi connectivity index (χ1v) is 10.8. The van der Waals surface area contributed by atoms with E-state index in [-0.39, 0.29) is 11.8 Å². The molecule has 0 radical (unpaired) electrons. The standard InChI is InChI=1S/C21H18N8OS/c30-20(27-17-5-6-24-29-17)11-1-3-14-16(8-11)31-21-18(14)19(22-10-23-21)26-13-2-4-15-12(7-13)9-25-28-15/h2,4-7,9-11H,1,3,8H2,(H,25,28)(H,22,23,26)(H2,24,27,29,30). The van der Waals surface area contributed by atoms with Crippen LogP contribution in [0.25, 0.3) is 21.1 Å². The molecular formula is C21H18N8OS. The summed E-state index contributed by atoms with van der Waals surface area (Å²) in [6, 6.07) is 7.79. The van der Waals surface area contributed by atoms with Gasteiger partial charge in [0, 0.05) is 27.9 Å². The van der Waals surface area contributed by atoms with E-state index >= 15 is 0 Å². The number of hydrogen-bond acceptors (Lipinski definition) is 7. The Hall–Kier alpha value is -3.79. The molecule has 1 unspecified atom stereocenters. The molecule has 10 heteroatoms. The van der Waals surface area contributed by atoms with Crippen LogP contribution in [0.1, 0.15) is 16.9 Å². The lowest BCUT2D eigenvalue weighted by molar-refractivity contribution is -0.120. The molecule has 6 rings (SSSR count). The van der Waals surface area contributed by atoms with Gasteiger partial charge < -0.3 is 10.6 Å². The van der Waals surface area contributed by atoms with Crippen molar-refractivity contribution in [3.63, 3.8) is 0 Å². The fraction of sp³-hybridized carbons (Fsp3) is 0.190. The number of H-pyrrole nitrogens is 2. The smallest absolute Gasteiger partial charge is 0.229 e. The van der Waals surface area contributed by atoms with Crippen molar-refractivity contribution in [3.8, 4) is 0 Å². The zero-order valence-electron chi connectivity index (χ0n) is 16.3. The third-order valence-corrected chi connectivity index (χ3v) is 6.84. The molecule has 0 bridgehead atoms. The molecule has 0 aliphatic heterocycles. The lowest BCUT2D eigenvalue weighted by Gasteiger charge is -2.21. The van der Waals surface area contributed by atoms with Crippen LogP contribution in [-0.2, 0) is 17.6 Å². The Morgan fingerprint density at radius 2 is 2.13 bits per heavy atom. The Labute approximate surface area is 180 Å². The number of fused-ring (bicyclic) bond motifs is 4. The van der Waals surface area contributed by atoms with E-state index in [0.29, 0.717) is 12.2 Å². The van der Waals surface area contributed by atoms with Crippen LogP contribution in [0.4, 0.5) is 17.3 Å². The van der Waals surface area contributed by atoms with Crippen LogP contribution in [0.15, 0.2) is 43.0 Å². The maximum Gasteiger partial charge on any atom is 0.229 e. The lowest BCUT2D eigenvalue weighted by atomic mass is 9.87. The summed E-state index contributed by atoms with van der Waals surface area (Å²) >= 11 is 1.65. The van der Waals surface area contributed by atoms with Gasteiger partial charge in [-0.3, -0.25) is 15.0 Å². The molecular weight excluding hydrogens is 412 g/mol. The first kappa shape index (κ1) is 18.0. The molecule has 9 nitrogen and oxygen atoms in total. The largest absolute Gasteiger partial charge is 0.340 e. The summed E-state index contributed by atoms with van der Waals surface area (Å²) in [5, 5.41) is 22.2. The maximum absolute atomic E-state index is 12.7. The Bertz CT molecular complexity index is 1400. The fourth-order valence-corrected chi connectivity index (χ4v) is 5.41. The topological polar surface area (TPSA) is 124 Å². The van der Waals surface area contributed by atoms with Gasteiger partial charge in [-0.1, -0.05) is 0 Å². The molecule has 4 aromatic heterocycles. The summed E-state index contributed by atoms with van der Waals surface area (Å²) in [7, 11) is 0. The number of benzene rings is 1. The second-order valence-corrected chi connectivity index (χ2v) is 8.69. The van der Waals surface area contributed by atoms with Gasteiger partial charge in [-0.15, -0.1) is 11.3 Å². The zero-order chi connectivity index (χ0) is 20.8. The van der Waals surface area contributed by atoms with Crippen molar-refractivity contribution in [2.24, 2.45) is 5.92 Å². The molecule has 5 aromatic rings. The van der Waals surface area contributed by atoms with Gasteiger partial charge >= 0.3 is 0 Å².